The van der Waals surface area contributed by atoms with Gasteiger partial charge in [0.1, 0.15) is 11.6 Å². The van der Waals surface area contributed by atoms with Crippen LogP contribution in [0.2, 0.25) is 0 Å². The zero-order chi connectivity index (χ0) is 20.7. The summed E-state index contributed by atoms with van der Waals surface area (Å²) in [6.45, 7) is 0. The van der Waals surface area contributed by atoms with Crippen molar-refractivity contribution in [1.29, 1.82) is 5.26 Å². The lowest BCUT2D eigenvalue weighted by atomic mass is 9.75. The lowest BCUT2D eigenvalue weighted by Gasteiger charge is -2.39. The largest absolute Gasteiger partial charge is 0.384 e. The number of Topliss-reactive ketones (excluding diaryl/α,β-unsaturated/α-hetero) is 1. The minimum absolute atomic E-state index is 0.0260. The molecule has 0 fully saturated rings. The van der Waals surface area contributed by atoms with Crippen LogP contribution in [0.5, 0.6) is 0 Å². The van der Waals surface area contributed by atoms with Gasteiger partial charge in [-0.05, 0) is 48.7 Å². The fourth-order valence-corrected chi connectivity index (χ4v) is 4.61. The third-order valence-corrected chi connectivity index (χ3v) is 6.29. The number of nitriles is 1. The van der Waals surface area contributed by atoms with Crippen molar-refractivity contribution in [1.82, 2.24) is 0 Å². The molecule has 1 heterocycles. The van der Waals surface area contributed by atoms with Crippen LogP contribution in [0.15, 0.2) is 74.1 Å². The van der Waals surface area contributed by atoms with Crippen LogP contribution in [0.3, 0.4) is 0 Å². The Morgan fingerprint density at radius 1 is 1.10 bits per heavy atom. The maximum absolute atomic E-state index is 14.8. The summed E-state index contributed by atoms with van der Waals surface area (Å²) in [6, 6.07) is 14.3. The van der Waals surface area contributed by atoms with E-state index in [1.54, 1.807) is 17.0 Å². The molecule has 0 saturated heterocycles. The van der Waals surface area contributed by atoms with Gasteiger partial charge in [0.15, 0.2) is 5.78 Å². The maximum atomic E-state index is 14.8. The van der Waals surface area contributed by atoms with Crippen molar-refractivity contribution in [3.8, 4) is 6.07 Å². The molecular formula is C22H16Br2FN3O. The molecule has 29 heavy (non-hydrogen) atoms. The van der Waals surface area contributed by atoms with Gasteiger partial charge in [-0.1, -0.05) is 44.0 Å². The van der Waals surface area contributed by atoms with Gasteiger partial charge in [-0.2, -0.15) is 5.26 Å². The van der Waals surface area contributed by atoms with Crippen LogP contribution in [0.1, 0.15) is 30.7 Å². The van der Waals surface area contributed by atoms with E-state index in [2.05, 4.69) is 37.9 Å². The fraction of sp³-hybridized carbons (Fsp3) is 0.182. The molecule has 2 N–H and O–H groups in total. The standard InChI is InChI=1S/C22H16Br2FN3O/c23-13-6-4-12(5-7-13)20-15(11-26)22(27)28(17-9-8-14(24)10-16(17)25)18-2-1-3-19(29)21(18)20/h4-10,20H,1-3,27H2/t20-/m0/s1. The molecule has 4 rings (SSSR count). The lowest BCUT2D eigenvalue weighted by Crippen LogP contribution is -2.39. The average Bonchev–Trinajstić information content (AvgIpc) is 2.69. The van der Waals surface area contributed by atoms with Gasteiger partial charge >= 0.3 is 0 Å². The van der Waals surface area contributed by atoms with E-state index in [1.165, 1.54) is 6.07 Å². The number of allylic oxidation sites excluding steroid dienone is 3. The molecule has 2 aromatic carbocycles. The van der Waals surface area contributed by atoms with Crippen molar-refractivity contribution < 1.29 is 9.18 Å². The van der Waals surface area contributed by atoms with E-state index in [-0.39, 0.29) is 22.9 Å². The van der Waals surface area contributed by atoms with Gasteiger partial charge in [0.2, 0.25) is 0 Å². The number of anilines is 1. The van der Waals surface area contributed by atoms with E-state index in [4.69, 9.17) is 5.73 Å². The van der Waals surface area contributed by atoms with Gasteiger partial charge in [0.05, 0.1) is 23.2 Å². The molecule has 1 atom stereocenters. The third-order valence-electron chi connectivity index (χ3n) is 5.27. The summed E-state index contributed by atoms with van der Waals surface area (Å²) in [6.07, 6.45) is 1.65. The molecule has 7 heteroatoms. The molecule has 2 aromatic rings. The number of halogens is 3. The first-order valence-electron chi connectivity index (χ1n) is 9.09. The van der Waals surface area contributed by atoms with Crippen LogP contribution in [-0.2, 0) is 4.79 Å². The Bertz CT molecular complexity index is 1120. The number of hydrogen-bond acceptors (Lipinski definition) is 4. The zero-order valence-corrected chi connectivity index (χ0v) is 18.4. The number of benzene rings is 2. The zero-order valence-electron chi connectivity index (χ0n) is 15.3. The molecule has 0 bridgehead atoms. The Balaban J connectivity index is 1.98. The highest BCUT2D eigenvalue weighted by atomic mass is 79.9. The smallest absolute Gasteiger partial charge is 0.161 e. The second-order valence-corrected chi connectivity index (χ2v) is 8.79. The van der Waals surface area contributed by atoms with Gasteiger partial charge in [0.25, 0.3) is 0 Å². The van der Waals surface area contributed by atoms with E-state index in [1.807, 2.05) is 24.3 Å². The molecule has 0 aromatic heterocycles. The van der Waals surface area contributed by atoms with Crippen molar-refractivity contribution in [2.24, 2.45) is 5.73 Å². The van der Waals surface area contributed by atoms with Crippen LogP contribution in [0.4, 0.5) is 10.1 Å². The molecule has 146 valence electrons. The number of ketones is 1. The normalized spacial score (nSPS) is 19.3. The quantitative estimate of drug-likeness (QED) is 0.559. The Morgan fingerprint density at radius 2 is 1.79 bits per heavy atom. The van der Waals surface area contributed by atoms with E-state index in [0.717, 1.165) is 10.0 Å². The molecular weight excluding hydrogens is 501 g/mol. The molecule has 0 amide bonds. The molecule has 1 aliphatic heterocycles. The van der Waals surface area contributed by atoms with Crippen LogP contribution in [0, 0.1) is 17.1 Å². The van der Waals surface area contributed by atoms with Crippen molar-refractivity contribution in [3.63, 3.8) is 0 Å². The number of rotatable bonds is 2. The van der Waals surface area contributed by atoms with Gasteiger partial charge in [-0.25, -0.2) is 4.39 Å². The number of hydrogen-bond donors (Lipinski definition) is 1. The van der Waals surface area contributed by atoms with Crippen LogP contribution in [0.25, 0.3) is 0 Å². The van der Waals surface area contributed by atoms with Crippen LogP contribution < -0.4 is 10.6 Å². The third kappa shape index (κ3) is 3.41. The number of carbonyl (C=O) groups excluding carboxylic acids is 1. The monoisotopic (exact) mass is 515 g/mol. The van der Waals surface area contributed by atoms with Crippen molar-refractivity contribution >= 4 is 43.3 Å². The van der Waals surface area contributed by atoms with Gasteiger partial charge < -0.3 is 5.73 Å². The Labute approximate surface area is 184 Å². The molecule has 2 aliphatic rings. The predicted molar refractivity (Wildman–Crippen MR) is 116 cm³/mol. The highest BCUT2D eigenvalue weighted by Gasteiger charge is 2.40. The predicted octanol–water partition coefficient (Wildman–Crippen LogP) is 5.66. The highest BCUT2D eigenvalue weighted by Crippen LogP contribution is 2.46. The average molecular weight is 517 g/mol. The lowest BCUT2D eigenvalue weighted by molar-refractivity contribution is -0.116. The molecule has 0 spiro atoms. The molecule has 0 unspecified atom stereocenters. The first-order chi connectivity index (χ1) is 13.9. The first-order valence-corrected chi connectivity index (χ1v) is 10.7. The molecule has 1 aliphatic carbocycles. The molecule has 0 saturated carbocycles. The van der Waals surface area contributed by atoms with Crippen molar-refractivity contribution in [3.05, 3.63) is 85.5 Å². The fourth-order valence-electron chi connectivity index (χ4n) is 4.01. The summed E-state index contributed by atoms with van der Waals surface area (Å²) in [4.78, 5) is 14.5. The van der Waals surface area contributed by atoms with Gasteiger partial charge in [-0.15, -0.1) is 0 Å². The first kappa shape index (κ1) is 19.9. The van der Waals surface area contributed by atoms with Gasteiger partial charge in [-0.3, -0.25) is 9.69 Å². The maximum Gasteiger partial charge on any atom is 0.161 e. The topological polar surface area (TPSA) is 70.1 Å². The Kier molecular flexibility index (Phi) is 5.32. The molecule has 0 radical (unpaired) electrons. The van der Waals surface area contributed by atoms with Crippen LogP contribution >= 0.6 is 31.9 Å². The van der Waals surface area contributed by atoms with E-state index >= 15 is 0 Å². The van der Waals surface area contributed by atoms with Gasteiger partial charge in [0, 0.05) is 26.6 Å². The SMILES string of the molecule is N#CC1=C(N)N(c2ccc(Br)cc2F)C2=C(C(=O)CCC2)[C@H]1c1ccc(Br)cc1. The minimum Gasteiger partial charge on any atom is -0.384 e. The number of carbonyl (C=O) groups is 1. The minimum atomic E-state index is -0.550. The second kappa shape index (κ2) is 7.77. The Morgan fingerprint density at radius 3 is 2.45 bits per heavy atom. The number of nitrogens with zero attached hydrogens (tertiary/aromatic N) is 2. The van der Waals surface area contributed by atoms with E-state index < -0.39 is 11.7 Å². The summed E-state index contributed by atoms with van der Waals surface area (Å²) >= 11 is 6.68. The van der Waals surface area contributed by atoms with E-state index in [0.29, 0.717) is 35.0 Å². The highest BCUT2D eigenvalue weighted by molar-refractivity contribution is 9.10. The summed E-state index contributed by atoms with van der Waals surface area (Å²) in [5.41, 5.74) is 8.94. The Hall–Kier alpha value is -2.43. The second-order valence-electron chi connectivity index (χ2n) is 6.96. The molecule has 4 nitrogen and oxygen atoms in total. The van der Waals surface area contributed by atoms with Crippen molar-refractivity contribution in [2.45, 2.75) is 25.2 Å². The summed E-state index contributed by atoms with van der Waals surface area (Å²) in [5, 5.41) is 9.94. The summed E-state index contributed by atoms with van der Waals surface area (Å²) < 4.78 is 16.3. The number of nitrogens with two attached hydrogens (primary N) is 1. The van der Waals surface area contributed by atoms with Crippen LogP contribution in [-0.4, -0.2) is 5.78 Å². The van der Waals surface area contributed by atoms with Crippen molar-refractivity contribution in [2.75, 3.05) is 4.90 Å². The van der Waals surface area contributed by atoms with E-state index in [9.17, 15) is 14.4 Å². The summed E-state index contributed by atoms with van der Waals surface area (Å²) in [5.74, 6) is -0.894. The summed E-state index contributed by atoms with van der Waals surface area (Å²) in [7, 11) is 0.